The van der Waals surface area contributed by atoms with Crippen molar-refractivity contribution in [2.75, 3.05) is 0 Å². The van der Waals surface area contributed by atoms with E-state index in [4.69, 9.17) is 0 Å². The molecule has 1 heteroatoms. The monoisotopic (exact) mass is 266 g/mol. The average Bonchev–Trinajstić information content (AvgIpc) is 2.49. The van der Waals surface area contributed by atoms with Crippen LogP contribution in [0.15, 0.2) is 42.5 Å². The van der Waals surface area contributed by atoms with E-state index < -0.39 is 0 Å². The maximum Gasteiger partial charge on any atom is 0.00321 e. The average molecular weight is 266 g/mol. The maximum absolute atomic E-state index is 2.46. The van der Waals surface area contributed by atoms with Gasteiger partial charge in [-0.1, -0.05) is 48.5 Å². The molecule has 0 aliphatic heterocycles. The van der Waals surface area contributed by atoms with Crippen molar-refractivity contribution < 1.29 is 0 Å². The van der Waals surface area contributed by atoms with Gasteiger partial charge in [-0.05, 0) is 59.6 Å². The molecule has 0 saturated carbocycles. The summed E-state index contributed by atoms with van der Waals surface area (Å²) in [5.41, 5.74) is 4.58. The summed E-state index contributed by atoms with van der Waals surface area (Å²) in [7, 11) is 1.29. The second-order valence-electron chi connectivity index (χ2n) is 5.54. The van der Waals surface area contributed by atoms with Crippen LogP contribution in [0.4, 0.5) is 0 Å². The highest BCUT2D eigenvalue weighted by molar-refractivity contribution is 6.08. The quantitative estimate of drug-likeness (QED) is 0.733. The fourth-order valence-electron chi connectivity index (χ4n) is 3.21. The Bertz CT molecular complexity index is 610. The van der Waals surface area contributed by atoms with E-state index in [0.29, 0.717) is 0 Å². The van der Waals surface area contributed by atoms with Crippen molar-refractivity contribution in [1.29, 1.82) is 0 Å². The first kappa shape index (κ1) is 12.7. The Morgan fingerprint density at radius 2 is 1.79 bits per heavy atom. The summed E-state index contributed by atoms with van der Waals surface area (Å²) in [4.78, 5) is 0. The van der Waals surface area contributed by atoms with E-state index in [-0.39, 0.29) is 0 Å². The molecule has 1 aliphatic carbocycles. The SMILES string of the molecule is [SiH3]CCc1ccc(C2=CCCCC2)c2ccccc12. The number of fused-ring (bicyclic) bond motifs is 1. The molecule has 2 aromatic rings. The molecule has 98 valence electrons. The van der Waals surface area contributed by atoms with E-state index in [2.05, 4.69) is 42.5 Å². The first-order chi connectivity index (χ1) is 9.40. The fourth-order valence-corrected chi connectivity index (χ4v) is 3.75. The molecule has 1 aliphatic rings. The second kappa shape index (κ2) is 5.75. The third-order valence-corrected chi connectivity index (χ3v) is 4.67. The van der Waals surface area contributed by atoms with E-state index >= 15 is 0 Å². The van der Waals surface area contributed by atoms with Crippen molar-refractivity contribution in [2.24, 2.45) is 0 Å². The minimum Gasteiger partial charge on any atom is -0.0807 e. The predicted octanol–water partition coefficient (Wildman–Crippen LogP) is 4.12. The van der Waals surface area contributed by atoms with Crippen LogP contribution in [0, 0.1) is 0 Å². The molecule has 0 N–H and O–H groups in total. The summed E-state index contributed by atoms with van der Waals surface area (Å²) in [5, 5.41) is 2.94. The van der Waals surface area contributed by atoms with Crippen molar-refractivity contribution in [3.8, 4) is 0 Å². The molecular formula is C18H22Si. The number of rotatable bonds is 3. The van der Waals surface area contributed by atoms with Crippen molar-refractivity contribution in [1.82, 2.24) is 0 Å². The van der Waals surface area contributed by atoms with Gasteiger partial charge in [-0.2, -0.15) is 0 Å². The predicted molar refractivity (Wildman–Crippen MR) is 88.8 cm³/mol. The van der Waals surface area contributed by atoms with Gasteiger partial charge in [0.1, 0.15) is 0 Å². The van der Waals surface area contributed by atoms with Gasteiger partial charge in [0.25, 0.3) is 0 Å². The Morgan fingerprint density at radius 3 is 2.53 bits per heavy atom. The molecule has 0 heterocycles. The van der Waals surface area contributed by atoms with Crippen LogP contribution in [0.3, 0.4) is 0 Å². The minimum absolute atomic E-state index is 1.24. The molecule has 3 rings (SSSR count). The highest BCUT2D eigenvalue weighted by Gasteiger charge is 2.11. The topological polar surface area (TPSA) is 0 Å². The lowest BCUT2D eigenvalue weighted by molar-refractivity contribution is 0.742. The van der Waals surface area contributed by atoms with E-state index in [9.17, 15) is 0 Å². The Labute approximate surface area is 119 Å². The van der Waals surface area contributed by atoms with Gasteiger partial charge in [0.15, 0.2) is 0 Å². The molecule has 19 heavy (non-hydrogen) atoms. The highest BCUT2D eigenvalue weighted by atomic mass is 28.1. The maximum atomic E-state index is 2.46. The molecule has 0 unspecified atom stereocenters. The van der Waals surface area contributed by atoms with Crippen LogP contribution in [-0.2, 0) is 6.42 Å². The molecule has 0 saturated heterocycles. The van der Waals surface area contributed by atoms with E-state index in [1.165, 1.54) is 70.3 Å². The zero-order valence-electron chi connectivity index (χ0n) is 11.8. The molecular weight excluding hydrogens is 244 g/mol. The molecule has 0 spiro atoms. The molecule has 0 aromatic heterocycles. The molecule has 0 nitrogen and oxygen atoms in total. The largest absolute Gasteiger partial charge is 0.0807 e. The van der Waals surface area contributed by atoms with Crippen LogP contribution in [0.5, 0.6) is 0 Å². The normalized spacial score (nSPS) is 15.7. The third-order valence-electron chi connectivity index (χ3n) is 4.17. The number of benzene rings is 2. The third kappa shape index (κ3) is 2.52. The van der Waals surface area contributed by atoms with Crippen molar-refractivity contribution in [3.05, 3.63) is 53.6 Å². The van der Waals surface area contributed by atoms with E-state index in [1.807, 2.05) is 0 Å². The van der Waals surface area contributed by atoms with Crippen LogP contribution in [0.25, 0.3) is 16.3 Å². The Morgan fingerprint density at radius 1 is 0.947 bits per heavy atom. The number of hydrogen-bond donors (Lipinski definition) is 0. The van der Waals surface area contributed by atoms with Gasteiger partial charge in [-0.15, -0.1) is 0 Å². The minimum atomic E-state index is 1.24. The summed E-state index contributed by atoms with van der Waals surface area (Å²) >= 11 is 0. The molecule has 0 radical (unpaired) electrons. The second-order valence-corrected chi connectivity index (χ2v) is 6.54. The lowest BCUT2D eigenvalue weighted by Crippen LogP contribution is -1.95. The standard InChI is InChI=1S/C18H22Si/c19-13-12-15-10-11-17(14-6-2-1-3-7-14)18-9-5-4-8-16(15)18/h4-6,8-11H,1-3,7,12-13H2,19H3. The molecule has 0 bridgehead atoms. The van der Waals surface area contributed by atoms with Gasteiger partial charge in [-0.3, -0.25) is 0 Å². The summed E-state index contributed by atoms with van der Waals surface area (Å²) in [6.07, 6.45) is 8.92. The molecule has 0 fully saturated rings. The smallest absolute Gasteiger partial charge is 0.00321 e. The summed E-state index contributed by atoms with van der Waals surface area (Å²) < 4.78 is 0. The number of allylic oxidation sites excluding steroid dienone is 2. The van der Waals surface area contributed by atoms with Gasteiger partial charge in [0.05, 0.1) is 0 Å². The van der Waals surface area contributed by atoms with Crippen molar-refractivity contribution in [2.45, 2.75) is 38.1 Å². The van der Waals surface area contributed by atoms with Crippen LogP contribution in [0.2, 0.25) is 6.04 Å². The highest BCUT2D eigenvalue weighted by Crippen LogP contribution is 2.33. The summed E-state index contributed by atoms with van der Waals surface area (Å²) in [5.74, 6) is 0. The lowest BCUT2D eigenvalue weighted by Gasteiger charge is -2.16. The first-order valence-electron chi connectivity index (χ1n) is 7.60. The molecule has 2 aromatic carbocycles. The lowest BCUT2D eigenvalue weighted by atomic mass is 9.89. The van der Waals surface area contributed by atoms with Crippen LogP contribution in [0.1, 0.15) is 36.8 Å². The van der Waals surface area contributed by atoms with Crippen LogP contribution in [-0.4, -0.2) is 10.2 Å². The van der Waals surface area contributed by atoms with Crippen molar-refractivity contribution in [3.63, 3.8) is 0 Å². The van der Waals surface area contributed by atoms with Crippen molar-refractivity contribution >= 4 is 26.6 Å². The van der Waals surface area contributed by atoms with Gasteiger partial charge in [0, 0.05) is 10.2 Å². The van der Waals surface area contributed by atoms with Gasteiger partial charge in [0.2, 0.25) is 0 Å². The van der Waals surface area contributed by atoms with E-state index in [0.717, 1.165) is 0 Å². The summed E-state index contributed by atoms with van der Waals surface area (Å²) in [6, 6.07) is 15.0. The number of hydrogen-bond acceptors (Lipinski definition) is 0. The van der Waals surface area contributed by atoms with E-state index in [1.54, 1.807) is 5.57 Å². The summed E-state index contributed by atoms with van der Waals surface area (Å²) in [6.45, 7) is 0. The Kier molecular flexibility index (Phi) is 3.83. The number of aryl methyl sites for hydroxylation is 1. The zero-order chi connectivity index (χ0) is 13.1. The zero-order valence-corrected chi connectivity index (χ0v) is 13.8. The molecule has 0 amide bonds. The Balaban J connectivity index is 2.16. The van der Waals surface area contributed by atoms with Gasteiger partial charge >= 0.3 is 0 Å². The molecule has 0 atom stereocenters. The van der Waals surface area contributed by atoms with Gasteiger partial charge in [-0.25, -0.2) is 0 Å². The van der Waals surface area contributed by atoms with Crippen LogP contribution >= 0.6 is 0 Å². The first-order valence-corrected chi connectivity index (χ1v) is 9.01. The van der Waals surface area contributed by atoms with Crippen LogP contribution < -0.4 is 0 Å². The fraction of sp³-hybridized carbons (Fsp3) is 0.333. The van der Waals surface area contributed by atoms with Gasteiger partial charge < -0.3 is 0 Å². The Hall–Kier alpha value is -1.34.